The summed E-state index contributed by atoms with van der Waals surface area (Å²) in [6.07, 6.45) is 2.09. The minimum absolute atomic E-state index is 0.0580. The maximum atomic E-state index is 11.5. The van der Waals surface area contributed by atoms with Crippen molar-refractivity contribution < 1.29 is 9.59 Å². The van der Waals surface area contributed by atoms with Gasteiger partial charge in [0, 0.05) is 12.6 Å². The maximum absolute atomic E-state index is 11.5. The summed E-state index contributed by atoms with van der Waals surface area (Å²) in [5, 5.41) is 5.85. The van der Waals surface area contributed by atoms with Gasteiger partial charge in [-0.2, -0.15) is 0 Å². The van der Waals surface area contributed by atoms with Crippen LogP contribution in [0.25, 0.3) is 0 Å². The van der Waals surface area contributed by atoms with Crippen molar-refractivity contribution in [2.24, 2.45) is 0 Å². The highest BCUT2D eigenvalue weighted by Crippen LogP contribution is 2.13. The van der Waals surface area contributed by atoms with Gasteiger partial charge in [-0.3, -0.25) is 14.9 Å². The molecule has 2 aliphatic heterocycles. The topological polar surface area (TPSA) is 61.4 Å². The van der Waals surface area contributed by atoms with Crippen LogP contribution in [0.2, 0.25) is 0 Å². The van der Waals surface area contributed by atoms with Gasteiger partial charge in [-0.1, -0.05) is 0 Å². The molecule has 2 atom stereocenters. The summed E-state index contributed by atoms with van der Waals surface area (Å²) in [6.45, 7) is 3.46. The molecule has 0 bridgehead atoms. The van der Waals surface area contributed by atoms with E-state index in [0.29, 0.717) is 6.54 Å². The second kappa shape index (κ2) is 3.57. The first-order valence-electron chi connectivity index (χ1n) is 5.03. The van der Waals surface area contributed by atoms with Crippen molar-refractivity contribution in [3.8, 4) is 0 Å². The summed E-state index contributed by atoms with van der Waals surface area (Å²) < 4.78 is 0. The summed E-state index contributed by atoms with van der Waals surface area (Å²) in [7, 11) is 0. The highest BCUT2D eigenvalue weighted by Gasteiger charge is 2.35. The molecule has 78 valence electrons. The minimum atomic E-state index is -0.475. The molecule has 0 saturated carbocycles. The Bertz CT molecular complexity index is 261. The number of hydrogen-bond donors (Lipinski definition) is 2. The highest BCUT2D eigenvalue weighted by atomic mass is 16.2. The van der Waals surface area contributed by atoms with E-state index in [9.17, 15) is 9.59 Å². The van der Waals surface area contributed by atoms with Crippen LogP contribution in [-0.4, -0.2) is 42.0 Å². The molecule has 0 aromatic rings. The van der Waals surface area contributed by atoms with Gasteiger partial charge < -0.3 is 10.2 Å². The molecular formula is C9H15N3O2. The third kappa shape index (κ3) is 1.59. The average molecular weight is 197 g/mol. The Kier molecular flexibility index (Phi) is 2.41. The minimum Gasteiger partial charge on any atom is -0.344 e. The van der Waals surface area contributed by atoms with Gasteiger partial charge in [-0.15, -0.1) is 0 Å². The monoisotopic (exact) mass is 197 g/mol. The lowest BCUT2D eigenvalue weighted by atomic mass is 10.2. The number of hydrogen-bond acceptors (Lipinski definition) is 3. The largest absolute Gasteiger partial charge is 0.344 e. The molecule has 2 unspecified atom stereocenters. The standard InChI is InChI=1S/C9H15N3O2/c1-6-5-12(7-3-2-4-10-7)9(14)8(13)11-6/h6-7,10H,2-5H2,1H3,(H,11,13). The molecule has 0 aromatic carbocycles. The fourth-order valence-corrected chi connectivity index (χ4v) is 2.04. The van der Waals surface area contributed by atoms with Crippen molar-refractivity contribution >= 4 is 11.8 Å². The molecule has 2 aliphatic rings. The van der Waals surface area contributed by atoms with E-state index in [1.54, 1.807) is 4.90 Å². The summed E-state index contributed by atoms with van der Waals surface area (Å²) in [5.41, 5.74) is 0. The normalized spacial score (nSPS) is 33.4. The van der Waals surface area contributed by atoms with E-state index in [1.807, 2.05) is 6.92 Å². The number of carbonyl (C=O) groups is 2. The molecule has 2 amide bonds. The van der Waals surface area contributed by atoms with E-state index in [4.69, 9.17) is 0 Å². The Hall–Kier alpha value is -1.10. The molecule has 0 radical (unpaired) electrons. The number of nitrogens with one attached hydrogen (secondary N) is 2. The Morgan fingerprint density at radius 3 is 2.86 bits per heavy atom. The first kappa shape index (κ1) is 9.45. The molecule has 0 aromatic heterocycles. The zero-order valence-electron chi connectivity index (χ0n) is 8.25. The Labute approximate surface area is 82.8 Å². The second-order valence-corrected chi connectivity index (χ2v) is 3.94. The number of nitrogens with zero attached hydrogens (tertiary/aromatic N) is 1. The highest BCUT2D eigenvalue weighted by molar-refractivity contribution is 6.35. The number of rotatable bonds is 1. The molecule has 0 spiro atoms. The lowest BCUT2D eigenvalue weighted by Gasteiger charge is -2.35. The van der Waals surface area contributed by atoms with E-state index in [0.717, 1.165) is 19.4 Å². The Balaban J connectivity index is 2.08. The van der Waals surface area contributed by atoms with Crippen molar-refractivity contribution in [2.75, 3.05) is 13.1 Å². The van der Waals surface area contributed by atoms with Crippen LogP contribution in [0.1, 0.15) is 19.8 Å². The molecule has 2 fully saturated rings. The predicted molar refractivity (Wildman–Crippen MR) is 50.3 cm³/mol. The number of piperazine rings is 1. The quantitative estimate of drug-likeness (QED) is 0.532. The van der Waals surface area contributed by atoms with Gasteiger partial charge in [0.05, 0.1) is 6.17 Å². The van der Waals surface area contributed by atoms with Crippen molar-refractivity contribution in [3.63, 3.8) is 0 Å². The fourth-order valence-electron chi connectivity index (χ4n) is 2.04. The maximum Gasteiger partial charge on any atom is 0.313 e. The van der Waals surface area contributed by atoms with Crippen molar-refractivity contribution in [1.82, 2.24) is 15.5 Å². The van der Waals surface area contributed by atoms with Crippen LogP contribution in [0.3, 0.4) is 0 Å². The fraction of sp³-hybridized carbons (Fsp3) is 0.778. The van der Waals surface area contributed by atoms with Gasteiger partial charge in [-0.05, 0) is 26.3 Å². The van der Waals surface area contributed by atoms with E-state index < -0.39 is 11.8 Å². The average Bonchev–Trinajstić information content (AvgIpc) is 2.63. The first-order valence-corrected chi connectivity index (χ1v) is 5.03. The Morgan fingerprint density at radius 2 is 2.21 bits per heavy atom. The van der Waals surface area contributed by atoms with Gasteiger partial charge in [-0.25, -0.2) is 0 Å². The lowest BCUT2D eigenvalue weighted by molar-refractivity contribution is -0.151. The summed E-state index contributed by atoms with van der Waals surface area (Å²) in [5.74, 6) is -0.875. The molecule has 0 aliphatic carbocycles. The van der Waals surface area contributed by atoms with Crippen LogP contribution in [0.5, 0.6) is 0 Å². The molecule has 2 N–H and O–H groups in total. The molecule has 5 heteroatoms. The van der Waals surface area contributed by atoms with Crippen LogP contribution < -0.4 is 10.6 Å². The lowest BCUT2D eigenvalue weighted by Crippen LogP contribution is -2.61. The van der Waals surface area contributed by atoms with Crippen LogP contribution in [0, 0.1) is 0 Å². The second-order valence-electron chi connectivity index (χ2n) is 3.94. The van der Waals surface area contributed by atoms with Crippen LogP contribution in [0.15, 0.2) is 0 Å². The van der Waals surface area contributed by atoms with Crippen LogP contribution in [-0.2, 0) is 9.59 Å². The van der Waals surface area contributed by atoms with Gasteiger partial charge in [0.1, 0.15) is 0 Å². The number of amides is 2. The molecule has 2 heterocycles. The molecular weight excluding hydrogens is 182 g/mol. The van der Waals surface area contributed by atoms with E-state index >= 15 is 0 Å². The zero-order chi connectivity index (χ0) is 10.1. The van der Waals surface area contributed by atoms with Crippen molar-refractivity contribution in [2.45, 2.75) is 32.0 Å². The molecule has 2 saturated heterocycles. The van der Waals surface area contributed by atoms with Crippen LogP contribution >= 0.6 is 0 Å². The Morgan fingerprint density at radius 1 is 1.43 bits per heavy atom. The number of carbonyl (C=O) groups excluding carboxylic acids is 2. The van der Waals surface area contributed by atoms with Gasteiger partial charge in [0.15, 0.2) is 0 Å². The SMILES string of the molecule is CC1CN(C2CCCN2)C(=O)C(=O)N1. The summed E-state index contributed by atoms with van der Waals surface area (Å²) in [6, 6.07) is 0.0580. The van der Waals surface area contributed by atoms with Crippen molar-refractivity contribution in [3.05, 3.63) is 0 Å². The van der Waals surface area contributed by atoms with Gasteiger partial charge in [0.2, 0.25) is 0 Å². The van der Waals surface area contributed by atoms with Gasteiger partial charge in [0.25, 0.3) is 0 Å². The van der Waals surface area contributed by atoms with Gasteiger partial charge >= 0.3 is 11.8 Å². The summed E-state index contributed by atoms with van der Waals surface area (Å²) in [4.78, 5) is 24.4. The first-order chi connectivity index (χ1) is 6.68. The molecule has 2 rings (SSSR count). The molecule has 5 nitrogen and oxygen atoms in total. The van der Waals surface area contributed by atoms with Crippen LogP contribution in [0.4, 0.5) is 0 Å². The molecule has 14 heavy (non-hydrogen) atoms. The summed E-state index contributed by atoms with van der Waals surface area (Å²) >= 11 is 0. The smallest absolute Gasteiger partial charge is 0.313 e. The van der Waals surface area contributed by atoms with E-state index in [1.165, 1.54) is 0 Å². The van der Waals surface area contributed by atoms with E-state index in [2.05, 4.69) is 10.6 Å². The third-order valence-corrected chi connectivity index (χ3v) is 2.71. The third-order valence-electron chi connectivity index (χ3n) is 2.71. The van der Waals surface area contributed by atoms with E-state index in [-0.39, 0.29) is 12.2 Å². The van der Waals surface area contributed by atoms with Crippen molar-refractivity contribution in [1.29, 1.82) is 0 Å². The zero-order valence-corrected chi connectivity index (χ0v) is 8.25. The predicted octanol–water partition coefficient (Wildman–Crippen LogP) is -0.957.